The molecule has 11 nitrogen and oxygen atoms in total. The number of amides is 1. The van der Waals surface area contributed by atoms with Crippen molar-refractivity contribution in [3.05, 3.63) is 96.3 Å². The molecule has 2 aromatic heterocycles. The third-order valence-electron chi connectivity index (χ3n) is 5.92. The minimum atomic E-state index is -3.92. The first kappa shape index (κ1) is 26.5. The highest BCUT2D eigenvalue weighted by Gasteiger charge is 2.21. The Morgan fingerprint density at radius 1 is 0.950 bits per heavy atom. The van der Waals surface area contributed by atoms with Crippen molar-refractivity contribution in [1.82, 2.24) is 19.9 Å². The third-order valence-corrected chi connectivity index (χ3v) is 7.26. The zero-order valence-corrected chi connectivity index (χ0v) is 22.3. The van der Waals surface area contributed by atoms with Gasteiger partial charge in [0.15, 0.2) is 6.10 Å². The number of fused-ring (bicyclic) bond motifs is 1. The second kappa shape index (κ2) is 10.9. The molecule has 3 N–H and O–H groups in total. The highest BCUT2D eigenvalue weighted by atomic mass is 32.2. The van der Waals surface area contributed by atoms with Gasteiger partial charge < -0.3 is 15.0 Å². The summed E-state index contributed by atoms with van der Waals surface area (Å²) in [6.45, 7) is 3.45. The van der Waals surface area contributed by atoms with E-state index in [1.54, 1.807) is 24.3 Å². The Balaban J connectivity index is 1.21. The monoisotopic (exact) mass is 556 g/mol. The molecule has 0 saturated heterocycles. The van der Waals surface area contributed by atoms with Crippen molar-refractivity contribution in [2.24, 2.45) is 0 Å². The van der Waals surface area contributed by atoms with Crippen molar-refractivity contribution in [2.75, 3.05) is 10.0 Å². The fourth-order valence-electron chi connectivity index (χ4n) is 3.76. The number of imidazole rings is 1. The van der Waals surface area contributed by atoms with Crippen molar-refractivity contribution in [1.29, 1.82) is 0 Å². The second-order valence-electron chi connectivity index (χ2n) is 8.92. The van der Waals surface area contributed by atoms with E-state index in [2.05, 4.69) is 30.0 Å². The average Bonchev–Trinajstić information content (AvgIpc) is 3.37. The van der Waals surface area contributed by atoms with Crippen LogP contribution in [0.3, 0.4) is 0 Å². The van der Waals surface area contributed by atoms with Crippen molar-refractivity contribution in [3.8, 4) is 11.4 Å². The summed E-state index contributed by atoms with van der Waals surface area (Å²) in [6, 6.07) is 19.9. The maximum absolute atomic E-state index is 12.8. The van der Waals surface area contributed by atoms with Gasteiger partial charge in [-0.2, -0.15) is 0 Å². The van der Waals surface area contributed by atoms with Crippen LogP contribution in [0.15, 0.2) is 90.1 Å². The van der Waals surface area contributed by atoms with Gasteiger partial charge in [-0.25, -0.2) is 32.9 Å². The lowest BCUT2D eigenvalue weighted by Gasteiger charge is -2.14. The number of anilines is 2. The summed E-state index contributed by atoms with van der Waals surface area (Å²) in [6.07, 6.45) is 1.71. The first-order valence-corrected chi connectivity index (χ1v) is 13.6. The Morgan fingerprint density at radius 3 is 2.35 bits per heavy atom. The Bertz CT molecular complexity index is 1790. The molecule has 0 bridgehead atoms. The molecule has 1 unspecified atom stereocenters. The largest absolute Gasteiger partial charge is 0.449 e. The lowest BCUT2D eigenvalue weighted by Crippen LogP contribution is -2.30. The van der Waals surface area contributed by atoms with Crippen LogP contribution in [0.4, 0.5) is 11.6 Å². The maximum Gasteiger partial charge on any atom is 0.338 e. The summed E-state index contributed by atoms with van der Waals surface area (Å²) in [5, 5.41) is 2.61. The van der Waals surface area contributed by atoms with E-state index in [1.165, 1.54) is 43.6 Å². The number of nitrogens with one attached hydrogen (secondary N) is 3. The van der Waals surface area contributed by atoms with Crippen LogP contribution in [0.1, 0.15) is 22.8 Å². The number of benzene rings is 3. The Morgan fingerprint density at radius 2 is 1.65 bits per heavy atom. The predicted octanol–water partition coefficient (Wildman–Crippen LogP) is 4.31. The van der Waals surface area contributed by atoms with Crippen LogP contribution in [0.25, 0.3) is 22.4 Å². The van der Waals surface area contributed by atoms with E-state index in [0.717, 1.165) is 11.1 Å². The number of carbonyl (C=O) groups excluding carboxylic acids is 2. The molecular weight excluding hydrogens is 532 g/mol. The first-order chi connectivity index (χ1) is 19.2. The zero-order chi connectivity index (χ0) is 28.3. The fourth-order valence-corrected chi connectivity index (χ4v) is 4.72. The normalized spacial score (nSPS) is 12.1. The number of aromatic nitrogens is 4. The number of rotatable bonds is 8. The number of hydrogen-bond donors (Lipinski definition) is 3. The van der Waals surface area contributed by atoms with Gasteiger partial charge in [-0.15, -0.1) is 0 Å². The van der Waals surface area contributed by atoms with Crippen molar-refractivity contribution >= 4 is 44.6 Å². The van der Waals surface area contributed by atoms with Crippen molar-refractivity contribution < 1.29 is 22.7 Å². The minimum absolute atomic E-state index is 0.0443. The molecular formula is C28H24N6O5S. The van der Waals surface area contributed by atoms with Gasteiger partial charge in [0.05, 0.1) is 21.5 Å². The molecule has 12 heteroatoms. The van der Waals surface area contributed by atoms with Gasteiger partial charge in [0.25, 0.3) is 15.9 Å². The van der Waals surface area contributed by atoms with Crippen LogP contribution in [0.2, 0.25) is 0 Å². The number of aryl methyl sites for hydroxylation is 1. The molecule has 0 saturated carbocycles. The molecule has 0 aliphatic carbocycles. The zero-order valence-electron chi connectivity index (χ0n) is 21.5. The Kier molecular flexibility index (Phi) is 7.25. The van der Waals surface area contributed by atoms with Gasteiger partial charge in [-0.3, -0.25) is 4.79 Å². The molecule has 202 valence electrons. The lowest BCUT2D eigenvalue weighted by molar-refractivity contribution is -0.123. The number of aromatic amines is 1. The van der Waals surface area contributed by atoms with Crippen LogP contribution >= 0.6 is 0 Å². The number of esters is 1. The van der Waals surface area contributed by atoms with Crippen LogP contribution in [0.5, 0.6) is 0 Å². The Labute approximate surface area is 229 Å². The van der Waals surface area contributed by atoms with E-state index in [1.807, 2.05) is 31.2 Å². The predicted molar refractivity (Wildman–Crippen MR) is 149 cm³/mol. The van der Waals surface area contributed by atoms with Crippen LogP contribution < -0.4 is 10.0 Å². The topological polar surface area (TPSA) is 156 Å². The number of carbonyl (C=O) groups is 2. The van der Waals surface area contributed by atoms with Gasteiger partial charge in [0, 0.05) is 23.6 Å². The number of nitrogens with zero attached hydrogens (tertiary/aromatic N) is 3. The summed E-state index contributed by atoms with van der Waals surface area (Å²) >= 11 is 0. The smallest absolute Gasteiger partial charge is 0.338 e. The van der Waals surface area contributed by atoms with Crippen LogP contribution in [-0.4, -0.2) is 46.3 Å². The quantitative estimate of drug-likeness (QED) is 0.239. The highest BCUT2D eigenvalue weighted by molar-refractivity contribution is 7.92. The van der Waals surface area contributed by atoms with E-state index in [4.69, 9.17) is 4.74 Å². The molecule has 0 fully saturated rings. The van der Waals surface area contributed by atoms with Gasteiger partial charge in [-0.05, 0) is 62.4 Å². The van der Waals surface area contributed by atoms with Gasteiger partial charge in [-0.1, -0.05) is 29.8 Å². The van der Waals surface area contributed by atoms with Crippen molar-refractivity contribution in [3.63, 3.8) is 0 Å². The average molecular weight is 557 g/mol. The SMILES string of the molecule is Cc1ccc(-c2nc3ccc(C(=O)OC(C)C(=O)Nc4ccc(S(=O)(=O)Nc5ncccn5)cc4)cc3[nH]2)cc1. The molecule has 0 aliphatic rings. The van der Waals surface area contributed by atoms with Gasteiger partial charge in [0.2, 0.25) is 5.95 Å². The first-order valence-electron chi connectivity index (χ1n) is 12.2. The number of hydrogen-bond acceptors (Lipinski definition) is 8. The summed E-state index contributed by atoms with van der Waals surface area (Å²) in [7, 11) is -3.92. The summed E-state index contributed by atoms with van der Waals surface area (Å²) in [5.41, 5.74) is 3.99. The molecule has 0 spiro atoms. The molecule has 1 atom stereocenters. The summed E-state index contributed by atoms with van der Waals surface area (Å²) in [5.74, 6) is -0.638. The van der Waals surface area contributed by atoms with Crippen LogP contribution in [0, 0.1) is 6.92 Å². The molecule has 5 rings (SSSR count). The molecule has 2 heterocycles. The molecule has 1 amide bonds. The molecule has 40 heavy (non-hydrogen) atoms. The van der Waals surface area contributed by atoms with E-state index in [9.17, 15) is 18.0 Å². The molecule has 5 aromatic rings. The van der Waals surface area contributed by atoms with E-state index < -0.39 is 28.0 Å². The lowest BCUT2D eigenvalue weighted by atomic mass is 10.1. The minimum Gasteiger partial charge on any atom is -0.449 e. The fraction of sp³-hybridized carbons (Fsp3) is 0.107. The summed E-state index contributed by atoms with van der Waals surface area (Å²) < 4.78 is 32.7. The van der Waals surface area contributed by atoms with Gasteiger partial charge in [0.1, 0.15) is 5.82 Å². The highest BCUT2D eigenvalue weighted by Crippen LogP contribution is 2.22. The Hall–Kier alpha value is -5.10. The van der Waals surface area contributed by atoms with Gasteiger partial charge >= 0.3 is 5.97 Å². The number of H-pyrrole nitrogens is 1. The molecule has 0 aliphatic heterocycles. The standard InChI is InChI=1S/C28H24N6O5S/c1-17-4-6-19(7-5-17)25-32-23-13-8-20(16-24(23)33-25)27(36)39-18(2)26(35)31-21-9-11-22(12-10-21)40(37,38)34-28-29-14-3-15-30-28/h3-16,18H,1-2H3,(H,31,35)(H,32,33)(H,29,30,34). The number of sulfonamides is 1. The van der Waals surface area contributed by atoms with E-state index in [0.29, 0.717) is 22.5 Å². The molecule has 0 radical (unpaired) electrons. The second-order valence-corrected chi connectivity index (χ2v) is 10.6. The van der Waals surface area contributed by atoms with E-state index >= 15 is 0 Å². The summed E-state index contributed by atoms with van der Waals surface area (Å²) in [4.78, 5) is 40.8. The number of ether oxygens (including phenoxy) is 1. The van der Waals surface area contributed by atoms with Crippen LogP contribution in [-0.2, 0) is 19.6 Å². The third kappa shape index (κ3) is 5.97. The van der Waals surface area contributed by atoms with E-state index in [-0.39, 0.29) is 16.4 Å². The van der Waals surface area contributed by atoms with Crippen molar-refractivity contribution in [2.45, 2.75) is 24.8 Å². The molecule has 3 aromatic carbocycles. The maximum atomic E-state index is 12.8.